The fourth-order valence-electron chi connectivity index (χ4n) is 1.53. The Balaban J connectivity index is 2.75. The van der Waals surface area contributed by atoms with Crippen LogP contribution in [0.4, 0.5) is 0 Å². The normalized spacial score (nSPS) is 11.7. The highest BCUT2D eigenvalue weighted by molar-refractivity contribution is 5.72. The topological polar surface area (TPSA) is 26.3 Å². The highest BCUT2D eigenvalue weighted by atomic mass is 16.5. The van der Waals surface area contributed by atoms with Crippen LogP contribution in [0.25, 0.3) is 12.2 Å². The average Bonchev–Trinajstić information content (AvgIpc) is 2.43. The molecule has 0 aliphatic heterocycles. The lowest BCUT2D eigenvalue weighted by Crippen LogP contribution is -2.13. The number of ether oxygens (including phenoxy) is 1. The molecule has 0 fully saturated rings. The first-order valence-electron chi connectivity index (χ1n) is 6.16. The molecule has 0 spiro atoms. The van der Waals surface area contributed by atoms with E-state index in [9.17, 15) is 4.79 Å². The Hall–Kier alpha value is -1.83. The van der Waals surface area contributed by atoms with Crippen molar-refractivity contribution < 1.29 is 9.53 Å². The van der Waals surface area contributed by atoms with Crippen molar-refractivity contribution in [1.29, 1.82) is 0 Å². The maximum atomic E-state index is 11.6. The monoisotopic (exact) mass is 244 g/mol. The third-order valence-electron chi connectivity index (χ3n) is 2.90. The van der Waals surface area contributed by atoms with Crippen LogP contribution in [0.3, 0.4) is 0 Å². The zero-order valence-electron chi connectivity index (χ0n) is 11.1. The summed E-state index contributed by atoms with van der Waals surface area (Å²) in [4.78, 5) is 11.6. The van der Waals surface area contributed by atoms with Crippen molar-refractivity contribution in [2.24, 2.45) is 5.92 Å². The van der Waals surface area contributed by atoms with E-state index in [0.29, 0.717) is 6.61 Å². The summed E-state index contributed by atoms with van der Waals surface area (Å²) < 4.78 is 5.27. The molecule has 18 heavy (non-hydrogen) atoms. The second-order valence-electron chi connectivity index (χ2n) is 4.33. The zero-order valence-corrected chi connectivity index (χ0v) is 11.1. The van der Waals surface area contributed by atoms with E-state index >= 15 is 0 Å². The lowest BCUT2D eigenvalue weighted by molar-refractivity contribution is -0.149. The van der Waals surface area contributed by atoms with E-state index in [1.54, 1.807) is 12.2 Å². The Morgan fingerprint density at radius 2 is 1.83 bits per heavy atom. The molecule has 0 amide bonds. The second kappa shape index (κ2) is 6.80. The number of esters is 1. The van der Waals surface area contributed by atoms with Gasteiger partial charge in [-0.15, -0.1) is 0 Å². The molecule has 0 aliphatic carbocycles. The highest BCUT2D eigenvalue weighted by Gasteiger charge is 2.11. The predicted molar refractivity (Wildman–Crippen MR) is 75.9 cm³/mol. The van der Waals surface area contributed by atoms with Crippen LogP contribution in [0.15, 0.2) is 31.4 Å². The van der Waals surface area contributed by atoms with Gasteiger partial charge in [0.15, 0.2) is 0 Å². The van der Waals surface area contributed by atoms with Crippen molar-refractivity contribution in [3.63, 3.8) is 0 Å². The molecule has 1 aromatic carbocycles. The summed E-state index contributed by atoms with van der Waals surface area (Å²) in [5.41, 5.74) is 2.96. The number of carbonyl (C=O) groups is 1. The third kappa shape index (κ3) is 3.88. The van der Waals surface area contributed by atoms with Crippen molar-refractivity contribution in [3.8, 4) is 0 Å². The van der Waals surface area contributed by atoms with Crippen molar-refractivity contribution in [1.82, 2.24) is 0 Å². The minimum Gasteiger partial charge on any atom is -0.461 e. The summed E-state index contributed by atoms with van der Waals surface area (Å²) >= 11 is 0. The van der Waals surface area contributed by atoms with E-state index in [4.69, 9.17) is 4.74 Å². The molecule has 0 bridgehead atoms. The molecule has 0 radical (unpaired) electrons. The molecule has 2 heteroatoms. The lowest BCUT2D eigenvalue weighted by Gasteiger charge is -2.10. The number of benzene rings is 1. The van der Waals surface area contributed by atoms with Gasteiger partial charge in [0.05, 0.1) is 5.92 Å². The largest absolute Gasteiger partial charge is 0.461 e. The first-order valence-corrected chi connectivity index (χ1v) is 6.16. The molecule has 1 rings (SSSR count). The van der Waals surface area contributed by atoms with Crippen LogP contribution in [0.2, 0.25) is 0 Å². The fraction of sp³-hybridized carbons (Fsp3) is 0.312. The lowest BCUT2D eigenvalue weighted by atomic mass is 10.1. The van der Waals surface area contributed by atoms with Crippen LogP contribution < -0.4 is 0 Å². The maximum Gasteiger partial charge on any atom is 0.308 e. The number of hydrogen-bond acceptors (Lipinski definition) is 2. The highest BCUT2D eigenvalue weighted by Crippen LogP contribution is 2.14. The summed E-state index contributed by atoms with van der Waals surface area (Å²) in [6, 6.07) is 5.91. The van der Waals surface area contributed by atoms with Gasteiger partial charge in [-0.1, -0.05) is 39.2 Å². The van der Waals surface area contributed by atoms with Gasteiger partial charge in [0.1, 0.15) is 6.61 Å². The molecule has 2 nitrogen and oxygen atoms in total. The second-order valence-corrected chi connectivity index (χ2v) is 4.33. The summed E-state index contributed by atoms with van der Waals surface area (Å²) in [5, 5.41) is 0. The van der Waals surface area contributed by atoms with Crippen molar-refractivity contribution in [2.45, 2.75) is 26.9 Å². The Morgan fingerprint density at radius 1 is 1.28 bits per heavy atom. The van der Waals surface area contributed by atoms with Crippen LogP contribution in [0.1, 0.15) is 37.0 Å². The van der Waals surface area contributed by atoms with Gasteiger partial charge in [0.2, 0.25) is 0 Å². The number of carbonyl (C=O) groups excluding carboxylic acids is 1. The van der Waals surface area contributed by atoms with Gasteiger partial charge in [0, 0.05) is 0 Å². The van der Waals surface area contributed by atoms with Gasteiger partial charge >= 0.3 is 5.97 Å². The van der Waals surface area contributed by atoms with Gasteiger partial charge in [0.25, 0.3) is 0 Å². The van der Waals surface area contributed by atoms with E-state index in [-0.39, 0.29) is 11.9 Å². The first-order chi connectivity index (χ1) is 8.60. The van der Waals surface area contributed by atoms with Gasteiger partial charge in [-0.3, -0.25) is 4.79 Å². The quantitative estimate of drug-likeness (QED) is 0.705. The number of hydrogen-bond donors (Lipinski definition) is 0. The predicted octanol–water partition coefficient (Wildman–Crippen LogP) is 4.06. The fourth-order valence-corrected chi connectivity index (χ4v) is 1.53. The summed E-state index contributed by atoms with van der Waals surface area (Å²) in [7, 11) is 0. The van der Waals surface area contributed by atoms with E-state index in [1.807, 2.05) is 32.0 Å². The molecule has 0 N–H and O–H groups in total. The maximum absolute atomic E-state index is 11.6. The molecule has 0 saturated heterocycles. The van der Waals surface area contributed by atoms with Crippen LogP contribution >= 0.6 is 0 Å². The standard InChI is InChI=1S/C16H20O2/c1-5-12(4)16(17)18-11-15-9-13(6-2)8-14(7-3)10-15/h6-10,12H,2-3,5,11H2,1,4H3. The van der Waals surface area contributed by atoms with Gasteiger partial charge < -0.3 is 4.74 Å². The van der Waals surface area contributed by atoms with E-state index < -0.39 is 0 Å². The summed E-state index contributed by atoms with van der Waals surface area (Å²) in [6.07, 6.45) is 4.34. The third-order valence-corrected chi connectivity index (χ3v) is 2.90. The average molecular weight is 244 g/mol. The van der Waals surface area contributed by atoms with Crippen LogP contribution in [-0.4, -0.2) is 5.97 Å². The summed E-state index contributed by atoms with van der Waals surface area (Å²) in [5.74, 6) is -0.201. The van der Waals surface area contributed by atoms with Crippen LogP contribution in [0, 0.1) is 5.92 Å². The molecule has 0 aromatic heterocycles. The van der Waals surface area contributed by atoms with E-state index in [2.05, 4.69) is 13.2 Å². The molecule has 1 aromatic rings. The molecule has 0 saturated carbocycles. The first kappa shape index (κ1) is 14.2. The Labute approximate surface area is 109 Å². The SMILES string of the molecule is C=Cc1cc(C=C)cc(COC(=O)C(C)CC)c1. The van der Waals surface area contributed by atoms with E-state index in [0.717, 1.165) is 23.1 Å². The van der Waals surface area contributed by atoms with Gasteiger partial charge in [-0.2, -0.15) is 0 Å². The molecule has 96 valence electrons. The zero-order chi connectivity index (χ0) is 13.5. The van der Waals surface area contributed by atoms with Crippen molar-refractivity contribution >= 4 is 18.1 Å². The van der Waals surface area contributed by atoms with Crippen molar-refractivity contribution in [2.75, 3.05) is 0 Å². The molecule has 1 atom stereocenters. The van der Waals surface area contributed by atoms with Crippen molar-refractivity contribution in [3.05, 3.63) is 48.0 Å². The molecular weight excluding hydrogens is 224 g/mol. The molecular formula is C16H20O2. The Kier molecular flexibility index (Phi) is 5.37. The Morgan fingerprint density at radius 3 is 2.28 bits per heavy atom. The molecule has 0 heterocycles. The summed E-state index contributed by atoms with van der Waals surface area (Å²) in [6.45, 7) is 11.6. The number of rotatable bonds is 6. The van der Waals surface area contributed by atoms with Crippen LogP contribution in [-0.2, 0) is 16.1 Å². The minimum atomic E-state index is -0.151. The van der Waals surface area contributed by atoms with E-state index in [1.165, 1.54) is 0 Å². The van der Waals surface area contributed by atoms with Gasteiger partial charge in [-0.25, -0.2) is 0 Å². The Bertz CT molecular complexity index is 420. The molecule has 1 unspecified atom stereocenters. The smallest absolute Gasteiger partial charge is 0.308 e. The van der Waals surface area contributed by atoms with Gasteiger partial charge in [-0.05, 0) is 41.3 Å². The van der Waals surface area contributed by atoms with Crippen LogP contribution in [0.5, 0.6) is 0 Å². The molecule has 0 aliphatic rings. The minimum absolute atomic E-state index is 0.0496.